The summed E-state index contributed by atoms with van der Waals surface area (Å²) in [6, 6.07) is 30.3. The lowest BCUT2D eigenvalue weighted by Crippen LogP contribution is -2.73. The zero-order chi connectivity index (χ0) is 27.8. The second kappa shape index (κ2) is 10.7. The maximum atomic E-state index is 14.0. The Morgan fingerprint density at radius 2 is 1.33 bits per heavy atom. The van der Waals surface area contributed by atoms with E-state index in [9.17, 15) is 9.59 Å². The highest BCUT2D eigenvalue weighted by atomic mass is 32.2. The predicted octanol–water partition coefficient (Wildman–Crippen LogP) is 6.10. The van der Waals surface area contributed by atoms with Gasteiger partial charge in [-0.2, -0.15) is 0 Å². The van der Waals surface area contributed by atoms with Crippen LogP contribution in [-0.4, -0.2) is 39.5 Å². The summed E-state index contributed by atoms with van der Waals surface area (Å²) in [4.78, 5) is 29.1. The average Bonchev–Trinajstić information content (AvgIpc) is 2.93. The Hall–Kier alpha value is -3.35. The van der Waals surface area contributed by atoms with Gasteiger partial charge in [0.2, 0.25) is 5.91 Å². The summed E-state index contributed by atoms with van der Waals surface area (Å²) in [5.41, 5.74) is 3.07. The van der Waals surface area contributed by atoms with Crippen LogP contribution < -0.4 is 5.32 Å². The average molecular weight is 541 g/mol. The number of nitrogens with zero attached hydrogens (tertiary/aromatic N) is 1. The molecule has 2 aliphatic heterocycles. The van der Waals surface area contributed by atoms with Crippen LogP contribution in [0.15, 0.2) is 102 Å². The van der Waals surface area contributed by atoms with Crippen molar-refractivity contribution in [3.8, 4) is 0 Å². The first-order valence-corrected chi connectivity index (χ1v) is 14.5. The van der Waals surface area contributed by atoms with E-state index in [4.69, 9.17) is 4.74 Å². The number of hydrogen-bond donors (Lipinski definition) is 1. The van der Waals surface area contributed by atoms with E-state index < -0.39 is 23.2 Å². The summed E-state index contributed by atoms with van der Waals surface area (Å²) in [5, 5.41) is 3.61. The van der Waals surface area contributed by atoms with Crippen molar-refractivity contribution in [1.29, 1.82) is 0 Å². The molecule has 0 radical (unpaired) electrons. The number of fused-ring (bicyclic) bond motifs is 1. The van der Waals surface area contributed by atoms with Crippen LogP contribution in [0.2, 0.25) is 0 Å². The van der Waals surface area contributed by atoms with Gasteiger partial charge < -0.3 is 4.74 Å². The van der Waals surface area contributed by atoms with Crippen LogP contribution in [0.1, 0.15) is 51.3 Å². The molecule has 0 saturated carbocycles. The van der Waals surface area contributed by atoms with Gasteiger partial charge in [-0.3, -0.25) is 15.0 Å². The summed E-state index contributed by atoms with van der Waals surface area (Å²) >= 11 is 1.70. The molecule has 2 atom stereocenters. The van der Waals surface area contributed by atoms with Crippen LogP contribution in [0.3, 0.4) is 0 Å². The van der Waals surface area contributed by atoms with Crippen LogP contribution in [0.5, 0.6) is 0 Å². The van der Waals surface area contributed by atoms with Crippen molar-refractivity contribution < 1.29 is 14.3 Å². The molecule has 2 aliphatic rings. The number of carbonyl (C=O) groups is 2. The fourth-order valence-corrected chi connectivity index (χ4v) is 7.00. The minimum absolute atomic E-state index is 0.113. The Labute approximate surface area is 235 Å². The number of hydrogen-bond acceptors (Lipinski definition) is 5. The molecule has 0 aliphatic carbocycles. The third kappa shape index (κ3) is 5.04. The normalized spacial score (nSPS) is 19.5. The van der Waals surface area contributed by atoms with E-state index in [0.717, 1.165) is 22.3 Å². The van der Waals surface area contributed by atoms with Crippen molar-refractivity contribution in [3.63, 3.8) is 0 Å². The molecule has 1 amide bonds. The van der Waals surface area contributed by atoms with Crippen LogP contribution >= 0.6 is 11.8 Å². The number of β-lactam (4-membered cyclic amide) rings is 1. The highest BCUT2D eigenvalue weighted by molar-refractivity contribution is 8.00. The largest absolute Gasteiger partial charge is 0.455 e. The summed E-state index contributed by atoms with van der Waals surface area (Å²) in [6.45, 7) is 9.68. The first-order valence-electron chi connectivity index (χ1n) is 13.5. The van der Waals surface area contributed by atoms with Gasteiger partial charge in [0.05, 0.1) is 5.54 Å². The van der Waals surface area contributed by atoms with Crippen LogP contribution in [-0.2, 0) is 19.9 Å². The highest BCUT2D eigenvalue weighted by Crippen LogP contribution is 2.46. The first kappa shape index (κ1) is 27.2. The number of esters is 1. The molecule has 202 valence electrons. The molecule has 6 heteroatoms. The number of benzene rings is 3. The van der Waals surface area contributed by atoms with Gasteiger partial charge in [-0.1, -0.05) is 105 Å². The summed E-state index contributed by atoms with van der Waals surface area (Å²) in [5.74, 6) is 0.258. The highest BCUT2D eigenvalue weighted by Gasteiger charge is 2.57. The molecular formula is C33H36N2O3S. The lowest BCUT2D eigenvalue weighted by atomic mass is 9.76. The molecule has 5 rings (SSSR count). The Morgan fingerprint density at radius 1 is 0.872 bits per heavy atom. The smallest absolute Gasteiger partial charge is 0.355 e. The van der Waals surface area contributed by atoms with Gasteiger partial charge in [0.1, 0.15) is 22.7 Å². The zero-order valence-corrected chi connectivity index (χ0v) is 24.0. The van der Waals surface area contributed by atoms with Gasteiger partial charge in [0.25, 0.3) is 0 Å². The van der Waals surface area contributed by atoms with Crippen LogP contribution in [0.4, 0.5) is 0 Å². The number of nitrogens with one attached hydrogen (secondary N) is 1. The summed E-state index contributed by atoms with van der Waals surface area (Å²) in [6.07, 6.45) is 0. The topological polar surface area (TPSA) is 58.6 Å². The van der Waals surface area contributed by atoms with Crippen molar-refractivity contribution in [2.45, 2.75) is 57.2 Å². The molecule has 1 fully saturated rings. The minimum Gasteiger partial charge on any atom is -0.455 e. The second-order valence-electron chi connectivity index (χ2n) is 11.4. The van der Waals surface area contributed by atoms with Gasteiger partial charge in [0, 0.05) is 5.75 Å². The predicted molar refractivity (Wildman–Crippen MR) is 157 cm³/mol. The van der Waals surface area contributed by atoms with Crippen molar-refractivity contribution in [2.24, 2.45) is 5.92 Å². The molecule has 0 aromatic heterocycles. The van der Waals surface area contributed by atoms with E-state index in [1.165, 1.54) is 0 Å². The molecule has 39 heavy (non-hydrogen) atoms. The third-order valence-corrected chi connectivity index (χ3v) is 8.58. The second-order valence-corrected chi connectivity index (χ2v) is 12.5. The Morgan fingerprint density at radius 3 is 1.74 bits per heavy atom. The fraction of sp³-hybridized carbons (Fsp3) is 0.333. The third-order valence-electron chi connectivity index (χ3n) is 7.28. The Kier molecular flexibility index (Phi) is 7.45. The molecule has 5 nitrogen and oxygen atoms in total. The molecule has 0 bridgehead atoms. The van der Waals surface area contributed by atoms with Gasteiger partial charge in [0.15, 0.2) is 0 Å². The van der Waals surface area contributed by atoms with Crippen molar-refractivity contribution in [1.82, 2.24) is 10.2 Å². The molecule has 3 aromatic carbocycles. The van der Waals surface area contributed by atoms with Crippen LogP contribution in [0, 0.1) is 5.92 Å². The quantitative estimate of drug-likeness (QED) is 0.223. The molecule has 1 unspecified atom stereocenters. The number of carbonyl (C=O) groups excluding carboxylic acids is 2. The van der Waals surface area contributed by atoms with Gasteiger partial charge in [-0.15, -0.1) is 11.8 Å². The number of amides is 1. The molecule has 0 spiro atoms. The first-order chi connectivity index (χ1) is 18.6. The van der Waals surface area contributed by atoms with Crippen molar-refractivity contribution in [2.75, 3.05) is 5.75 Å². The Balaban J connectivity index is 1.59. The molecule has 1 N–H and O–H groups in total. The SMILES string of the molecule is CC(C)C1=C(C(=O)OC(C)(C)C)N2C(=O)C(NC(c3ccccc3)(c3ccccc3)c3ccccc3)[C@@H]2SC1. The van der Waals surface area contributed by atoms with Crippen molar-refractivity contribution in [3.05, 3.63) is 119 Å². The lowest BCUT2D eigenvalue weighted by molar-refractivity contribution is -0.159. The minimum atomic E-state index is -0.773. The van der Waals surface area contributed by atoms with E-state index in [2.05, 4.69) is 55.6 Å². The van der Waals surface area contributed by atoms with E-state index in [0.29, 0.717) is 11.4 Å². The van der Waals surface area contributed by atoms with Gasteiger partial charge >= 0.3 is 5.97 Å². The lowest BCUT2D eigenvalue weighted by Gasteiger charge is -2.53. The fourth-order valence-electron chi connectivity index (χ4n) is 5.45. The van der Waals surface area contributed by atoms with Gasteiger partial charge in [-0.25, -0.2) is 4.79 Å². The van der Waals surface area contributed by atoms with E-state index in [1.54, 1.807) is 16.7 Å². The number of rotatable bonds is 7. The molecule has 2 heterocycles. The van der Waals surface area contributed by atoms with Gasteiger partial charge in [-0.05, 0) is 49.0 Å². The van der Waals surface area contributed by atoms with Crippen LogP contribution in [0.25, 0.3) is 0 Å². The van der Waals surface area contributed by atoms with E-state index in [-0.39, 0.29) is 17.2 Å². The number of ether oxygens (including phenoxy) is 1. The van der Waals surface area contributed by atoms with Crippen molar-refractivity contribution >= 4 is 23.6 Å². The van der Waals surface area contributed by atoms with E-state index in [1.807, 2.05) is 75.4 Å². The molecule has 1 saturated heterocycles. The molecule has 3 aromatic rings. The Bertz CT molecular complexity index is 1270. The summed E-state index contributed by atoms with van der Waals surface area (Å²) in [7, 11) is 0. The standard InChI is InChI=1S/C33H36N2O3S/c1-22(2)26-21-39-30-27(29(36)35(30)28(26)31(37)38-32(3,4)5)34-33(23-15-9-6-10-16-23,24-17-11-7-12-18-24)25-19-13-8-14-20-25/h6-20,22,27,30,34H,21H2,1-5H3/t27?,30-/m0/s1. The molecular weight excluding hydrogens is 504 g/mol. The maximum absolute atomic E-state index is 14.0. The van der Waals surface area contributed by atoms with E-state index >= 15 is 0 Å². The summed E-state index contributed by atoms with van der Waals surface area (Å²) < 4.78 is 5.78. The number of thioether (sulfide) groups is 1. The maximum Gasteiger partial charge on any atom is 0.355 e. The zero-order valence-electron chi connectivity index (χ0n) is 23.2. The monoisotopic (exact) mass is 540 g/mol.